The van der Waals surface area contributed by atoms with Crippen molar-refractivity contribution in [1.82, 2.24) is 10.6 Å². The number of carbonyl (C=O) groups is 1. The van der Waals surface area contributed by atoms with Crippen LogP contribution in [0.25, 0.3) is 0 Å². The zero-order valence-corrected chi connectivity index (χ0v) is 10.7. The van der Waals surface area contributed by atoms with Gasteiger partial charge in [0.25, 0.3) is 0 Å². The summed E-state index contributed by atoms with van der Waals surface area (Å²) in [6, 6.07) is 5.16. The number of phenols is 1. The molecule has 0 saturated heterocycles. The average Bonchev–Trinajstić information content (AvgIpc) is 2.27. The molecule has 0 radical (unpaired) electrons. The molecule has 4 nitrogen and oxygen atoms in total. The van der Waals surface area contributed by atoms with Gasteiger partial charge in [-0.05, 0) is 32.4 Å². The molecule has 4 heteroatoms. The number of amides is 1. The molecule has 0 aliphatic carbocycles. The summed E-state index contributed by atoms with van der Waals surface area (Å²) < 4.78 is 0. The molecule has 0 aromatic heterocycles. The van der Waals surface area contributed by atoms with Crippen molar-refractivity contribution in [3.8, 4) is 5.75 Å². The zero-order chi connectivity index (χ0) is 13.0. The first-order valence-corrected chi connectivity index (χ1v) is 5.73. The number of aromatic hydroxyl groups is 1. The van der Waals surface area contributed by atoms with E-state index in [2.05, 4.69) is 10.6 Å². The lowest BCUT2D eigenvalue weighted by Crippen LogP contribution is -2.41. The number of likely N-dealkylation sites (N-methyl/N-ethyl adjacent to an activating group) is 1. The van der Waals surface area contributed by atoms with Crippen LogP contribution in [0.15, 0.2) is 18.2 Å². The van der Waals surface area contributed by atoms with Gasteiger partial charge >= 0.3 is 0 Å². The smallest absolute Gasteiger partial charge is 0.236 e. The molecule has 0 aliphatic heterocycles. The summed E-state index contributed by atoms with van der Waals surface area (Å²) in [4.78, 5) is 11.4. The lowest BCUT2D eigenvalue weighted by atomic mass is 10.0. The Bertz CT molecular complexity index is 404. The van der Waals surface area contributed by atoms with Gasteiger partial charge in [0, 0.05) is 18.7 Å². The highest BCUT2D eigenvalue weighted by atomic mass is 16.3. The number of hydrogen-bond donors (Lipinski definition) is 3. The van der Waals surface area contributed by atoms with Crippen LogP contribution < -0.4 is 10.6 Å². The maximum Gasteiger partial charge on any atom is 0.236 e. The summed E-state index contributed by atoms with van der Waals surface area (Å²) in [5, 5.41) is 15.5. The summed E-state index contributed by atoms with van der Waals surface area (Å²) in [5.41, 5.74) is 1.81. The second-order valence-electron chi connectivity index (χ2n) is 4.29. The molecule has 0 heterocycles. The van der Waals surface area contributed by atoms with E-state index in [1.54, 1.807) is 20.0 Å². The van der Waals surface area contributed by atoms with Gasteiger partial charge in [-0.15, -0.1) is 0 Å². The molecule has 0 bridgehead atoms. The van der Waals surface area contributed by atoms with Crippen LogP contribution in [-0.2, 0) is 4.79 Å². The molecule has 1 aromatic rings. The second-order valence-corrected chi connectivity index (χ2v) is 4.29. The molecule has 1 rings (SSSR count). The van der Waals surface area contributed by atoms with Crippen molar-refractivity contribution < 1.29 is 9.90 Å². The van der Waals surface area contributed by atoms with Gasteiger partial charge in [0.1, 0.15) is 5.75 Å². The third-order valence-electron chi connectivity index (χ3n) is 2.79. The molecule has 0 saturated carbocycles. The average molecular weight is 236 g/mol. The molecule has 2 unspecified atom stereocenters. The van der Waals surface area contributed by atoms with Crippen LogP contribution in [0.1, 0.15) is 31.0 Å². The third-order valence-corrected chi connectivity index (χ3v) is 2.79. The maximum atomic E-state index is 11.4. The summed E-state index contributed by atoms with van der Waals surface area (Å²) in [5.74, 6) is 0.192. The predicted molar refractivity (Wildman–Crippen MR) is 67.9 cm³/mol. The fraction of sp³-hybridized carbons (Fsp3) is 0.462. The van der Waals surface area contributed by atoms with Crippen molar-refractivity contribution in [1.29, 1.82) is 0 Å². The summed E-state index contributed by atoms with van der Waals surface area (Å²) >= 11 is 0. The molecule has 0 fully saturated rings. The largest absolute Gasteiger partial charge is 0.508 e. The first-order chi connectivity index (χ1) is 7.95. The van der Waals surface area contributed by atoms with E-state index < -0.39 is 0 Å². The molecule has 1 aromatic carbocycles. The van der Waals surface area contributed by atoms with Crippen LogP contribution in [0.2, 0.25) is 0 Å². The molecule has 94 valence electrons. The lowest BCUT2D eigenvalue weighted by molar-refractivity contribution is -0.122. The summed E-state index contributed by atoms with van der Waals surface area (Å²) in [7, 11) is 1.61. The van der Waals surface area contributed by atoms with E-state index in [0.29, 0.717) is 0 Å². The first-order valence-electron chi connectivity index (χ1n) is 5.73. The highest BCUT2D eigenvalue weighted by Gasteiger charge is 2.16. The van der Waals surface area contributed by atoms with E-state index in [9.17, 15) is 9.90 Å². The Morgan fingerprint density at radius 1 is 1.35 bits per heavy atom. The SMILES string of the molecule is CNC(=O)C(C)NC(C)c1ccc(C)cc1O. The van der Waals surface area contributed by atoms with E-state index in [1.807, 2.05) is 26.0 Å². The van der Waals surface area contributed by atoms with Gasteiger partial charge in [-0.1, -0.05) is 12.1 Å². The molecule has 2 atom stereocenters. The van der Waals surface area contributed by atoms with Crippen molar-refractivity contribution in [2.24, 2.45) is 0 Å². The van der Waals surface area contributed by atoms with Crippen molar-refractivity contribution in [3.63, 3.8) is 0 Å². The van der Waals surface area contributed by atoms with Gasteiger partial charge in [-0.25, -0.2) is 0 Å². The van der Waals surface area contributed by atoms with Crippen molar-refractivity contribution in [3.05, 3.63) is 29.3 Å². The van der Waals surface area contributed by atoms with Crippen molar-refractivity contribution in [2.45, 2.75) is 32.9 Å². The molecule has 0 spiro atoms. The van der Waals surface area contributed by atoms with Crippen LogP contribution in [0.4, 0.5) is 0 Å². The number of rotatable bonds is 4. The molecular weight excluding hydrogens is 216 g/mol. The lowest BCUT2D eigenvalue weighted by Gasteiger charge is -2.20. The molecule has 17 heavy (non-hydrogen) atoms. The number of carbonyl (C=O) groups excluding carboxylic acids is 1. The Kier molecular flexibility index (Phi) is 4.52. The zero-order valence-electron chi connectivity index (χ0n) is 10.7. The number of phenolic OH excluding ortho intramolecular Hbond substituents is 1. The number of nitrogens with one attached hydrogen (secondary N) is 2. The van der Waals surface area contributed by atoms with E-state index in [-0.39, 0.29) is 23.7 Å². The van der Waals surface area contributed by atoms with Crippen LogP contribution in [0, 0.1) is 6.92 Å². The summed E-state index contributed by atoms with van der Waals surface area (Å²) in [6.07, 6.45) is 0. The van der Waals surface area contributed by atoms with Gasteiger partial charge < -0.3 is 10.4 Å². The highest BCUT2D eigenvalue weighted by Crippen LogP contribution is 2.25. The standard InChI is InChI=1S/C13H20N2O2/c1-8-5-6-11(12(16)7-8)9(2)15-10(3)13(17)14-4/h5-7,9-10,15-16H,1-4H3,(H,14,17). The highest BCUT2D eigenvalue weighted by molar-refractivity contribution is 5.81. The number of benzene rings is 1. The van der Waals surface area contributed by atoms with Gasteiger partial charge in [0.2, 0.25) is 5.91 Å². The summed E-state index contributed by atoms with van der Waals surface area (Å²) in [6.45, 7) is 5.64. The third kappa shape index (κ3) is 3.46. The van der Waals surface area contributed by atoms with Crippen LogP contribution in [0.5, 0.6) is 5.75 Å². The minimum Gasteiger partial charge on any atom is -0.508 e. The van der Waals surface area contributed by atoms with Crippen LogP contribution >= 0.6 is 0 Å². The van der Waals surface area contributed by atoms with E-state index >= 15 is 0 Å². The van der Waals surface area contributed by atoms with E-state index in [0.717, 1.165) is 11.1 Å². The minimum absolute atomic E-state index is 0.0662. The molecule has 0 aliphatic rings. The monoisotopic (exact) mass is 236 g/mol. The van der Waals surface area contributed by atoms with Crippen LogP contribution in [-0.4, -0.2) is 24.1 Å². The number of aryl methyl sites for hydroxylation is 1. The Morgan fingerprint density at radius 3 is 2.53 bits per heavy atom. The van der Waals surface area contributed by atoms with E-state index in [4.69, 9.17) is 0 Å². The topological polar surface area (TPSA) is 61.4 Å². The van der Waals surface area contributed by atoms with Crippen molar-refractivity contribution >= 4 is 5.91 Å². The fourth-order valence-corrected chi connectivity index (χ4v) is 1.78. The van der Waals surface area contributed by atoms with Crippen LogP contribution in [0.3, 0.4) is 0 Å². The Hall–Kier alpha value is -1.55. The molecule has 3 N–H and O–H groups in total. The van der Waals surface area contributed by atoms with Gasteiger partial charge in [-0.2, -0.15) is 0 Å². The van der Waals surface area contributed by atoms with Gasteiger partial charge in [0.05, 0.1) is 6.04 Å². The maximum absolute atomic E-state index is 11.4. The molecule has 1 amide bonds. The quantitative estimate of drug-likeness (QED) is 0.742. The number of hydrogen-bond acceptors (Lipinski definition) is 3. The van der Waals surface area contributed by atoms with Gasteiger partial charge in [-0.3, -0.25) is 10.1 Å². The predicted octanol–water partition coefficient (Wildman–Crippen LogP) is 1.49. The molecular formula is C13H20N2O2. The Morgan fingerprint density at radius 2 is 2.00 bits per heavy atom. The van der Waals surface area contributed by atoms with Crippen molar-refractivity contribution in [2.75, 3.05) is 7.05 Å². The Labute approximate surface area is 102 Å². The first kappa shape index (κ1) is 13.5. The minimum atomic E-state index is -0.296. The fourth-order valence-electron chi connectivity index (χ4n) is 1.78. The Balaban J connectivity index is 2.76. The second kappa shape index (κ2) is 5.68. The van der Waals surface area contributed by atoms with Gasteiger partial charge in [0.15, 0.2) is 0 Å². The van der Waals surface area contributed by atoms with E-state index in [1.165, 1.54) is 0 Å². The normalized spacial score (nSPS) is 14.1.